The van der Waals surface area contributed by atoms with Crippen LogP contribution in [0.15, 0.2) is 0 Å². The Morgan fingerprint density at radius 1 is 0.421 bits per heavy atom. The summed E-state index contributed by atoms with van der Waals surface area (Å²) >= 11 is 0. The second-order valence-corrected chi connectivity index (χ2v) is 13.4. The summed E-state index contributed by atoms with van der Waals surface area (Å²) in [4.78, 5) is 0. The molecule has 0 heterocycles. The fourth-order valence-electron chi connectivity index (χ4n) is 5.06. The Bertz CT molecular complexity index is 800. The van der Waals surface area contributed by atoms with Gasteiger partial charge in [0.1, 0.15) is 0 Å². The smallest absolute Gasteiger partial charge is 0.313 e. The van der Waals surface area contributed by atoms with Gasteiger partial charge in [-0.1, -0.05) is 76.2 Å². The van der Waals surface area contributed by atoms with E-state index in [1.807, 2.05) is 0 Å². The normalized spacial score (nSPS) is 22.6. The van der Waals surface area contributed by atoms with Crippen molar-refractivity contribution in [2.24, 2.45) is 21.7 Å². The molecule has 0 N–H and O–H groups in total. The van der Waals surface area contributed by atoms with Gasteiger partial charge in [0.2, 0.25) is 0 Å². The first-order valence-corrected chi connectivity index (χ1v) is 13.3. The Hall–Kier alpha value is -0.640. The number of rotatable bonds is 12. The van der Waals surface area contributed by atoms with Crippen molar-refractivity contribution in [1.29, 1.82) is 0 Å². The third kappa shape index (κ3) is 5.60. The highest BCUT2D eigenvalue weighted by atomic mass is 19.4. The first kappa shape index (κ1) is 37.4. The molecule has 0 bridgehead atoms. The Morgan fingerprint density at radius 3 is 1.00 bits per heavy atom. The van der Waals surface area contributed by atoms with E-state index in [-0.39, 0.29) is 6.42 Å². The number of hydrogen-bond acceptors (Lipinski definition) is 2. The topological polar surface area (TPSA) is 18.5 Å². The predicted octanol–water partition coefficient (Wildman–Crippen LogP) is 10.7. The number of hydrogen-bond donors (Lipinski definition) is 0. The van der Waals surface area contributed by atoms with Crippen LogP contribution in [0.4, 0.5) is 35.1 Å². The van der Waals surface area contributed by atoms with Crippen molar-refractivity contribution in [2.75, 3.05) is 0 Å². The van der Waals surface area contributed by atoms with Gasteiger partial charge in [0, 0.05) is 5.41 Å². The molecule has 0 aromatic heterocycles. The van der Waals surface area contributed by atoms with E-state index in [0.29, 0.717) is 0 Å². The number of ether oxygens (including phenoxy) is 2. The molecular formula is C28H50F8O2. The predicted molar refractivity (Wildman–Crippen MR) is 135 cm³/mol. The molecule has 38 heavy (non-hydrogen) atoms. The van der Waals surface area contributed by atoms with Crippen LogP contribution in [-0.2, 0) is 9.47 Å². The van der Waals surface area contributed by atoms with E-state index in [1.54, 1.807) is 27.7 Å². The van der Waals surface area contributed by atoms with E-state index in [9.17, 15) is 13.2 Å². The van der Waals surface area contributed by atoms with E-state index in [0.717, 1.165) is 20.8 Å². The van der Waals surface area contributed by atoms with Gasteiger partial charge in [0.25, 0.3) is 5.67 Å². The fourth-order valence-corrected chi connectivity index (χ4v) is 5.06. The molecule has 0 aliphatic heterocycles. The third-order valence-electron chi connectivity index (χ3n) is 10.1. The van der Waals surface area contributed by atoms with Crippen LogP contribution in [0.25, 0.3) is 0 Å². The fraction of sp³-hybridized carbons (Fsp3) is 1.00. The molecule has 230 valence electrons. The lowest BCUT2D eigenvalue weighted by Crippen LogP contribution is -2.71. The maximum Gasteiger partial charge on any atom is 0.431 e. The van der Waals surface area contributed by atoms with Gasteiger partial charge in [-0.25, -0.2) is 4.39 Å². The molecule has 10 heteroatoms. The summed E-state index contributed by atoms with van der Waals surface area (Å²) in [6.45, 7) is 18.1. The van der Waals surface area contributed by atoms with Gasteiger partial charge in [0.05, 0.1) is 16.6 Å². The molecule has 0 aliphatic carbocycles. The standard InChI is InChI=1S/C28H50F8O2/c1-15-21(11,19(5,6)7)25(29,26(30,31)32)28(35,36)38-24(14,18-4)22(12,16-2)27(33,34)37-23(13,17-3)20(8,9)10/h15-18H2,1-14H3. The van der Waals surface area contributed by atoms with Crippen LogP contribution in [0.5, 0.6) is 0 Å². The average Bonchev–Trinajstić information content (AvgIpc) is 2.73. The van der Waals surface area contributed by atoms with Crippen LogP contribution in [0.2, 0.25) is 0 Å². The molecule has 0 rings (SSSR count). The maximum absolute atomic E-state index is 16.3. The SMILES string of the molecule is CCC(C)(OC(F)(F)C(C)(CC)C(C)(CC)OC(F)(F)C(F)(C(F)(F)F)C(C)(CC)C(C)(C)C)C(C)(C)C. The van der Waals surface area contributed by atoms with E-state index in [4.69, 9.17) is 9.47 Å². The van der Waals surface area contributed by atoms with Crippen molar-refractivity contribution in [1.82, 2.24) is 0 Å². The summed E-state index contributed by atoms with van der Waals surface area (Å²) in [5.41, 5.74) is -17.0. The quantitative estimate of drug-likeness (QED) is 0.217. The van der Waals surface area contributed by atoms with Crippen LogP contribution in [-0.4, -0.2) is 35.3 Å². The van der Waals surface area contributed by atoms with Gasteiger partial charge in [-0.05, 0) is 57.3 Å². The van der Waals surface area contributed by atoms with Crippen LogP contribution in [0.3, 0.4) is 0 Å². The van der Waals surface area contributed by atoms with Crippen molar-refractivity contribution < 1.29 is 44.6 Å². The van der Waals surface area contributed by atoms with Gasteiger partial charge >= 0.3 is 18.4 Å². The molecule has 0 aliphatic rings. The molecule has 0 fully saturated rings. The van der Waals surface area contributed by atoms with Gasteiger partial charge in [0.15, 0.2) is 0 Å². The van der Waals surface area contributed by atoms with Gasteiger partial charge < -0.3 is 9.47 Å². The Morgan fingerprint density at radius 2 is 0.763 bits per heavy atom. The summed E-state index contributed by atoms with van der Waals surface area (Å²) in [6, 6.07) is 0. The third-order valence-corrected chi connectivity index (χ3v) is 10.1. The second kappa shape index (κ2) is 10.6. The second-order valence-electron chi connectivity index (χ2n) is 13.4. The molecule has 0 aromatic carbocycles. The van der Waals surface area contributed by atoms with Crippen molar-refractivity contribution in [3.05, 3.63) is 0 Å². The molecular weight excluding hydrogens is 520 g/mol. The number of halogens is 8. The minimum absolute atomic E-state index is 0.133. The Kier molecular flexibility index (Phi) is 10.5. The summed E-state index contributed by atoms with van der Waals surface area (Å²) < 4.78 is 134. The summed E-state index contributed by atoms with van der Waals surface area (Å²) in [5.74, 6) is 0. The summed E-state index contributed by atoms with van der Waals surface area (Å²) in [5, 5.41) is 0. The summed E-state index contributed by atoms with van der Waals surface area (Å²) in [7, 11) is 0. The van der Waals surface area contributed by atoms with Crippen molar-refractivity contribution in [3.63, 3.8) is 0 Å². The zero-order valence-corrected chi connectivity index (χ0v) is 25.7. The molecule has 5 atom stereocenters. The molecule has 0 amide bonds. The number of alkyl halides is 8. The largest absolute Gasteiger partial charge is 0.431 e. The van der Waals surface area contributed by atoms with Crippen molar-refractivity contribution in [3.8, 4) is 0 Å². The maximum atomic E-state index is 16.3. The van der Waals surface area contributed by atoms with E-state index < -0.39 is 76.2 Å². The van der Waals surface area contributed by atoms with Crippen molar-refractivity contribution in [2.45, 2.75) is 158 Å². The van der Waals surface area contributed by atoms with Gasteiger partial charge in [-0.3, -0.25) is 0 Å². The molecule has 0 spiro atoms. The zero-order valence-electron chi connectivity index (χ0n) is 25.7. The first-order chi connectivity index (χ1) is 16.4. The Labute approximate surface area is 224 Å². The average molecular weight is 571 g/mol. The van der Waals surface area contributed by atoms with Crippen LogP contribution < -0.4 is 0 Å². The van der Waals surface area contributed by atoms with E-state index >= 15 is 22.0 Å². The summed E-state index contributed by atoms with van der Waals surface area (Å²) in [6.07, 6.45) is -17.3. The van der Waals surface area contributed by atoms with Gasteiger partial charge in [-0.15, -0.1) is 0 Å². The molecule has 0 aromatic rings. The lowest BCUT2D eigenvalue weighted by atomic mass is 9.57. The molecule has 0 radical (unpaired) electrons. The van der Waals surface area contributed by atoms with Gasteiger partial charge in [-0.2, -0.15) is 30.7 Å². The molecule has 2 nitrogen and oxygen atoms in total. The highest BCUT2D eigenvalue weighted by Crippen LogP contribution is 2.65. The van der Waals surface area contributed by atoms with Crippen molar-refractivity contribution >= 4 is 0 Å². The Balaban J connectivity index is 7.22. The minimum Gasteiger partial charge on any atom is -0.313 e. The minimum atomic E-state index is -6.09. The molecule has 0 saturated heterocycles. The first-order valence-electron chi connectivity index (χ1n) is 13.3. The molecule has 0 saturated carbocycles. The van der Waals surface area contributed by atoms with Crippen LogP contribution in [0, 0.1) is 21.7 Å². The van der Waals surface area contributed by atoms with E-state index in [1.165, 1.54) is 48.5 Å². The van der Waals surface area contributed by atoms with Crippen LogP contribution >= 0.6 is 0 Å². The monoisotopic (exact) mass is 570 g/mol. The lowest BCUT2D eigenvalue weighted by Gasteiger charge is -2.57. The highest BCUT2D eigenvalue weighted by Gasteiger charge is 2.82. The molecule has 5 unspecified atom stereocenters. The lowest BCUT2D eigenvalue weighted by molar-refractivity contribution is -0.463. The van der Waals surface area contributed by atoms with E-state index in [2.05, 4.69) is 0 Å². The zero-order chi connectivity index (χ0) is 31.2. The van der Waals surface area contributed by atoms with Crippen LogP contribution in [0.1, 0.15) is 123 Å². The highest BCUT2D eigenvalue weighted by molar-refractivity contribution is 5.12.